The number of aromatic nitrogens is 4. The van der Waals surface area contributed by atoms with Crippen molar-refractivity contribution < 1.29 is 14.3 Å². The van der Waals surface area contributed by atoms with Gasteiger partial charge in [-0.3, -0.25) is 14.6 Å². The average molecular weight is 441 g/mol. The van der Waals surface area contributed by atoms with Crippen molar-refractivity contribution in [1.82, 2.24) is 24.4 Å². The van der Waals surface area contributed by atoms with Crippen LogP contribution in [-0.2, 0) is 16.1 Å². The summed E-state index contributed by atoms with van der Waals surface area (Å²) in [6.45, 7) is 4.52. The Hall–Kier alpha value is -3.53. The second-order valence-electron chi connectivity index (χ2n) is 7.63. The number of pyridine rings is 2. The minimum atomic E-state index is -0.332. The molecular weight excluding hydrogens is 412 g/mol. The summed E-state index contributed by atoms with van der Waals surface area (Å²) < 4.78 is 12.4. The van der Waals surface area contributed by atoms with E-state index in [-0.39, 0.29) is 29.9 Å². The minimum absolute atomic E-state index is 0.0354. The first-order chi connectivity index (χ1) is 15.3. The van der Waals surface area contributed by atoms with E-state index in [1.165, 1.54) is 4.90 Å². The van der Waals surface area contributed by atoms with E-state index in [1.54, 1.807) is 50.3 Å². The van der Waals surface area contributed by atoms with Gasteiger partial charge in [-0.15, -0.1) is 0 Å². The highest BCUT2D eigenvalue weighted by Gasteiger charge is 2.15. The molecule has 0 bridgehead atoms. The number of carbonyl (C=O) groups is 1. The Balaban J connectivity index is 2.03. The Morgan fingerprint density at radius 2 is 2.00 bits per heavy atom. The van der Waals surface area contributed by atoms with Crippen LogP contribution in [0.2, 0.25) is 0 Å². The average Bonchev–Trinajstić information content (AvgIpc) is 2.78. The quantitative estimate of drug-likeness (QED) is 0.536. The zero-order valence-electron chi connectivity index (χ0n) is 19.0. The van der Waals surface area contributed by atoms with Crippen molar-refractivity contribution in [2.75, 3.05) is 39.7 Å². The van der Waals surface area contributed by atoms with Gasteiger partial charge in [-0.1, -0.05) is 0 Å². The third-order valence-corrected chi connectivity index (χ3v) is 4.75. The summed E-state index contributed by atoms with van der Waals surface area (Å²) in [5.74, 6) is 0.432. The lowest BCUT2D eigenvalue weighted by atomic mass is 10.2. The fourth-order valence-corrected chi connectivity index (χ4v) is 2.99. The molecule has 0 saturated carbocycles. The molecule has 0 aliphatic heterocycles. The van der Waals surface area contributed by atoms with Crippen molar-refractivity contribution >= 4 is 22.8 Å². The van der Waals surface area contributed by atoms with Gasteiger partial charge in [0.1, 0.15) is 5.52 Å². The lowest BCUT2D eigenvalue weighted by molar-refractivity contribution is -0.126. The summed E-state index contributed by atoms with van der Waals surface area (Å²) in [6.07, 6.45) is 3.30. The molecular formula is C22H28N6O4. The zero-order chi connectivity index (χ0) is 23.3. The van der Waals surface area contributed by atoms with Crippen LogP contribution in [0.25, 0.3) is 22.3 Å². The van der Waals surface area contributed by atoms with E-state index in [4.69, 9.17) is 9.47 Å². The molecule has 0 saturated heterocycles. The van der Waals surface area contributed by atoms with Crippen LogP contribution in [0.15, 0.2) is 35.4 Å². The maximum Gasteiger partial charge on any atom is 0.293 e. The van der Waals surface area contributed by atoms with E-state index in [9.17, 15) is 9.59 Å². The second-order valence-corrected chi connectivity index (χ2v) is 7.63. The van der Waals surface area contributed by atoms with Crippen LogP contribution in [0.5, 0.6) is 5.88 Å². The summed E-state index contributed by atoms with van der Waals surface area (Å²) in [5.41, 5.74) is 2.24. The van der Waals surface area contributed by atoms with Crippen LogP contribution in [0.4, 0.5) is 5.82 Å². The fourth-order valence-electron chi connectivity index (χ4n) is 2.99. The van der Waals surface area contributed by atoms with Crippen LogP contribution in [0, 0.1) is 0 Å². The number of rotatable bonds is 9. The highest BCUT2D eigenvalue weighted by atomic mass is 16.5. The summed E-state index contributed by atoms with van der Waals surface area (Å²) >= 11 is 0. The molecule has 1 amide bonds. The van der Waals surface area contributed by atoms with Gasteiger partial charge in [-0.2, -0.15) is 0 Å². The van der Waals surface area contributed by atoms with Gasteiger partial charge in [0, 0.05) is 38.5 Å². The van der Waals surface area contributed by atoms with Crippen molar-refractivity contribution in [2.24, 2.45) is 0 Å². The molecule has 10 nitrogen and oxygen atoms in total. The van der Waals surface area contributed by atoms with E-state index in [1.807, 2.05) is 19.9 Å². The lowest BCUT2D eigenvalue weighted by Gasteiger charge is -2.16. The fraction of sp³-hybridized carbons (Fsp3) is 0.409. The Kier molecular flexibility index (Phi) is 7.37. The van der Waals surface area contributed by atoms with Gasteiger partial charge in [-0.05, 0) is 26.0 Å². The number of nitrogens with one attached hydrogen (secondary N) is 1. The van der Waals surface area contributed by atoms with E-state index in [0.29, 0.717) is 35.8 Å². The van der Waals surface area contributed by atoms with E-state index in [0.717, 1.165) is 5.56 Å². The predicted octanol–water partition coefficient (Wildman–Crippen LogP) is 1.79. The first-order valence-electron chi connectivity index (χ1n) is 10.3. The molecule has 3 aromatic heterocycles. The highest BCUT2D eigenvalue weighted by molar-refractivity contribution is 5.82. The van der Waals surface area contributed by atoms with E-state index >= 15 is 0 Å². The number of hydrogen-bond donors (Lipinski definition) is 1. The normalized spacial score (nSPS) is 11.1. The Morgan fingerprint density at radius 3 is 2.62 bits per heavy atom. The van der Waals surface area contributed by atoms with Crippen LogP contribution < -0.4 is 15.6 Å². The van der Waals surface area contributed by atoms with Gasteiger partial charge >= 0.3 is 0 Å². The summed E-state index contributed by atoms with van der Waals surface area (Å²) in [7, 11) is 4.86. The van der Waals surface area contributed by atoms with Crippen molar-refractivity contribution in [3.05, 3.63) is 40.9 Å². The molecule has 3 rings (SSSR count). The molecule has 10 heteroatoms. The van der Waals surface area contributed by atoms with Gasteiger partial charge in [0.25, 0.3) is 5.56 Å². The van der Waals surface area contributed by atoms with Crippen molar-refractivity contribution in [2.45, 2.75) is 26.5 Å². The number of amides is 1. The van der Waals surface area contributed by atoms with Gasteiger partial charge < -0.3 is 24.3 Å². The predicted molar refractivity (Wildman–Crippen MR) is 122 cm³/mol. The molecule has 0 radical (unpaired) electrons. The Bertz CT molecular complexity index is 1140. The lowest BCUT2D eigenvalue weighted by Crippen LogP contribution is -2.33. The van der Waals surface area contributed by atoms with E-state index < -0.39 is 0 Å². The molecule has 3 aromatic rings. The number of hydrogen-bond acceptors (Lipinski definition) is 8. The minimum Gasteiger partial charge on any atom is -0.481 e. The molecule has 3 heterocycles. The number of likely N-dealkylation sites (N-methyl/N-ethyl adjacent to an activating group) is 1. The standard InChI is InChI=1S/C22H28N6O4/c1-14(2)32-9-8-28-18-10-16(15-6-7-19(31-5)24-11-15)23-12-17(18)26-21(22(28)30)25-13-20(29)27(3)4/h6-7,10-12,14H,8-9,13H2,1-5H3,(H,25,26). The van der Waals surface area contributed by atoms with Crippen molar-refractivity contribution in [1.29, 1.82) is 0 Å². The zero-order valence-corrected chi connectivity index (χ0v) is 19.0. The second kappa shape index (κ2) is 10.2. The maximum atomic E-state index is 13.2. The molecule has 0 unspecified atom stereocenters. The smallest absolute Gasteiger partial charge is 0.293 e. The third-order valence-electron chi connectivity index (χ3n) is 4.75. The Morgan fingerprint density at radius 1 is 1.22 bits per heavy atom. The first-order valence-corrected chi connectivity index (χ1v) is 10.3. The summed E-state index contributed by atoms with van der Waals surface area (Å²) in [4.78, 5) is 39.7. The van der Waals surface area contributed by atoms with Crippen molar-refractivity contribution in [3.63, 3.8) is 0 Å². The molecule has 0 aliphatic carbocycles. The number of anilines is 1. The third kappa shape index (κ3) is 5.38. The van der Waals surface area contributed by atoms with Crippen molar-refractivity contribution in [3.8, 4) is 17.1 Å². The first kappa shape index (κ1) is 23.1. The van der Waals surface area contributed by atoms with E-state index in [2.05, 4.69) is 20.3 Å². The number of ether oxygens (including phenoxy) is 2. The number of nitrogens with zero attached hydrogens (tertiary/aromatic N) is 5. The molecule has 32 heavy (non-hydrogen) atoms. The topological polar surface area (TPSA) is 111 Å². The SMILES string of the molecule is COc1ccc(-c2cc3c(cn2)nc(NCC(=O)N(C)C)c(=O)n3CCOC(C)C)cn1. The molecule has 170 valence electrons. The number of carbonyl (C=O) groups excluding carboxylic acids is 1. The van der Waals surface area contributed by atoms with Gasteiger partial charge in [0.05, 0.1) is 43.8 Å². The molecule has 0 aliphatic rings. The number of fused-ring (bicyclic) bond motifs is 1. The Labute approximate surface area is 186 Å². The summed E-state index contributed by atoms with van der Waals surface area (Å²) in [6, 6.07) is 5.40. The molecule has 0 atom stereocenters. The molecule has 1 N–H and O–H groups in total. The van der Waals surface area contributed by atoms with Crippen LogP contribution in [0.3, 0.4) is 0 Å². The maximum absolute atomic E-state index is 13.2. The summed E-state index contributed by atoms with van der Waals surface area (Å²) in [5, 5.41) is 2.86. The highest BCUT2D eigenvalue weighted by Crippen LogP contribution is 2.22. The molecule has 0 fully saturated rings. The monoisotopic (exact) mass is 440 g/mol. The van der Waals surface area contributed by atoms with Gasteiger partial charge in [0.2, 0.25) is 11.8 Å². The number of methoxy groups -OCH3 is 1. The van der Waals surface area contributed by atoms with Crippen LogP contribution in [0.1, 0.15) is 13.8 Å². The van der Waals surface area contributed by atoms with Crippen LogP contribution >= 0.6 is 0 Å². The van der Waals surface area contributed by atoms with Crippen LogP contribution in [-0.4, -0.2) is 70.8 Å². The van der Waals surface area contributed by atoms with Gasteiger partial charge in [0.15, 0.2) is 5.82 Å². The largest absolute Gasteiger partial charge is 0.481 e. The molecule has 0 aromatic carbocycles. The van der Waals surface area contributed by atoms with Gasteiger partial charge in [-0.25, -0.2) is 9.97 Å². The molecule has 0 spiro atoms.